The van der Waals surface area contributed by atoms with Crippen molar-refractivity contribution in [1.29, 1.82) is 0 Å². The van der Waals surface area contributed by atoms with Crippen LogP contribution in [0.2, 0.25) is 5.02 Å². The highest BCUT2D eigenvalue weighted by atomic mass is 35.5. The lowest BCUT2D eigenvalue weighted by Gasteiger charge is -2.12. The van der Waals surface area contributed by atoms with Crippen molar-refractivity contribution in [3.63, 3.8) is 0 Å². The lowest BCUT2D eigenvalue weighted by Crippen LogP contribution is -2.17. The van der Waals surface area contributed by atoms with Crippen molar-refractivity contribution in [3.05, 3.63) is 47.4 Å². The average molecular weight is 330 g/mol. The van der Waals surface area contributed by atoms with Crippen LogP contribution >= 0.6 is 11.6 Å². The molecule has 8 heteroatoms. The van der Waals surface area contributed by atoms with Gasteiger partial charge in [0.15, 0.2) is 0 Å². The normalized spacial score (nSPS) is 11.2. The molecule has 0 atom stereocenters. The molecule has 0 aliphatic carbocycles. The van der Waals surface area contributed by atoms with Crippen molar-refractivity contribution < 1.29 is 12.8 Å². The van der Waals surface area contributed by atoms with Gasteiger partial charge in [-0.05, 0) is 37.3 Å². The number of hydrogen-bond acceptors (Lipinski definition) is 4. The van der Waals surface area contributed by atoms with Crippen molar-refractivity contribution in [2.75, 3.05) is 16.6 Å². The van der Waals surface area contributed by atoms with Gasteiger partial charge in [-0.2, -0.15) is 0 Å². The van der Waals surface area contributed by atoms with Crippen LogP contribution in [0.4, 0.5) is 15.9 Å². The Morgan fingerprint density at radius 3 is 2.76 bits per heavy atom. The molecule has 1 aromatic carbocycles. The molecule has 0 unspecified atom stereocenters. The lowest BCUT2D eigenvalue weighted by atomic mass is 10.3. The molecular formula is C13H13ClFN3O2S. The number of nitrogens with zero attached hydrogens (tertiary/aromatic N) is 1. The number of anilines is 2. The summed E-state index contributed by atoms with van der Waals surface area (Å²) in [6, 6.07) is 6.58. The molecule has 0 aliphatic rings. The maximum absolute atomic E-state index is 13.7. The van der Waals surface area contributed by atoms with Crippen LogP contribution in [0, 0.1) is 5.82 Å². The van der Waals surface area contributed by atoms with Crippen LogP contribution in [0.15, 0.2) is 41.4 Å². The Kier molecular flexibility index (Phi) is 4.64. The molecule has 0 fully saturated rings. The fourth-order valence-corrected chi connectivity index (χ4v) is 3.04. The zero-order valence-corrected chi connectivity index (χ0v) is 12.7. The number of nitrogens with one attached hydrogen (secondary N) is 2. The van der Waals surface area contributed by atoms with E-state index in [1.165, 1.54) is 30.5 Å². The summed E-state index contributed by atoms with van der Waals surface area (Å²) in [6.45, 7) is 2.33. The predicted molar refractivity (Wildman–Crippen MR) is 80.6 cm³/mol. The molecule has 0 radical (unpaired) electrons. The number of aromatic nitrogens is 1. The molecule has 0 amide bonds. The molecule has 1 heterocycles. The third-order valence-electron chi connectivity index (χ3n) is 2.58. The molecular weight excluding hydrogens is 317 g/mol. The zero-order chi connectivity index (χ0) is 15.5. The van der Waals surface area contributed by atoms with Gasteiger partial charge >= 0.3 is 0 Å². The van der Waals surface area contributed by atoms with E-state index in [2.05, 4.69) is 15.0 Å². The first-order valence-corrected chi connectivity index (χ1v) is 7.97. The Morgan fingerprint density at radius 1 is 1.33 bits per heavy atom. The lowest BCUT2D eigenvalue weighted by molar-refractivity contribution is 0.598. The van der Waals surface area contributed by atoms with Crippen molar-refractivity contribution >= 4 is 33.1 Å². The minimum Gasteiger partial charge on any atom is -0.369 e. The second kappa shape index (κ2) is 6.28. The second-order valence-electron chi connectivity index (χ2n) is 4.11. The molecule has 5 nitrogen and oxygen atoms in total. The van der Waals surface area contributed by atoms with Gasteiger partial charge in [-0.3, -0.25) is 4.72 Å². The largest absolute Gasteiger partial charge is 0.369 e. The summed E-state index contributed by atoms with van der Waals surface area (Å²) in [5.74, 6) is -0.540. The smallest absolute Gasteiger partial charge is 0.265 e. The zero-order valence-electron chi connectivity index (χ0n) is 11.1. The SMILES string of the molecule is CCNc1ncccc1S(=O)(=O)Nc1ccc(Cl)cc1F. The van der Waals surface area contributed by atoms with Gasteiger partial charge in [0.25, 0.3) is 10.0 Å². The summed E-state index contributed by atoms with van der Waals surface area (Å²) in [6.07, 6.45) is 1.47. The minimum atomic E-state index is -3.96. The Labute approximate surface area is 127 Å². The van der Waals surface area contributed by atoms with Crippen LogP contribution in [0.1, 0.15) is 6.92 Å². The fourth-order valence-electron chi connectivity index (χ4n) is 1.68. The number of halogens is 2. The van der Waals surface area contributed by atoms with Gasteiger partial charge in [0, 0.05) is 17.8 Å². The average Bonchev–Trinajstić information content (AvgIpc) is 2.43. The van der Waals surface area contributed by atoms with Crippen molar-refractivity contribution in [3.8, 4) is 0 Å². The molecule has 1 aromatic heterocycles. The topological polar surface area (TPSA) is 71.1 Å². The summed E-state index contributed by atoms with van der Waals surface area (Å²) in [5.41, 5.74) is -0.175. The molecule has 2 rings (SSSR count). The molecule has 0 spiro atoms. The molecule has 0 bridgehead atoms. The van der Waals surface area contributed by atoms with Gasteiger partial charge in [0.2, 0.25) is 0 Å². The van der Waals surface area contributed by atoms with Crippen molar-refractivity contribution in [1.82, 2.24) is 4.98 Å². The summed E-state index contributed by atoms with van der Waals surface area (Å²) in [5, 5.41) is 3.03. The first-order chi connectivity index (χ1) is 9.94. The predicted octanol–water partition coefficient (Wildman–Crippen LogP) is 3.11. The number of benzene rings is 1. The summed E-state index contributed by atoms with van der Waals surface area (Å²) in [4.78, 5) is 3.91. The molecule has 0 saturated carbocycles. The fraction of sp³-hybridized carbons (Fsp3) is 0.154. The first-order valence-electron chi connectivity index (χ1n) is 6.11. The van der Waals surface area contributed by atoms with E-state index in [-0.39, 0.29) is 21.4 Å². The second-order valence-corrected chi connectivity index (χ2v) is 6.20. The number of hydrogen-bond donors (Lipinski definition) is 2. The molecule has 112 valence electrons. The van der Waals surface area contributed by atoms with E-state index in [9.17, 15) is 12.8 Å². The maximum Gasteiger partial charge on any atom is 0.265 e. The molecule has 2 N–H and O–H groups in total. The van der Waals surface area contributed by atoms with Gasteiger partial charge < -0.3 is 5.32 Å². The summed E-state index contributed by atoms with van der Waals surface area (Å²) >= 11 is 5.63. The van der Waals surface area contributed by atoms with Crippen LogP contribution in [0.25, 0.3) is 0 Å². The van der Waals surface area contributed by atoms with Crippen molar-refractivity contribution in [2.45, 2.75) is 11.8 Å². The van der Waals surface area contributed by atoms with Crippen LogP contribution in [0.5, 0.6) is 0 Å². The van der Waals surface area contributed by atoms with E-state index in [1.54, 1.807) is 0 Å². The van der Waals surface area contributed by atoms with Gasteiger partial charge in [-0.25, -0.2) is 17.8 Å². The van der Waals surface area contributed by atoms with Crippen LogP contribution in [-0.4, -0.2) is 19.9 Å². The quantitative estimate of drug-likeness (QED) is 0.884. The Balaban J connectivity index is 2.39. The van der Waals surface area contributed by atoms with Crippen LogP contribution < -0.4 is 10.0 Å². The molecule has 0 aliphatic heterocycles. The van der Waals surface area contributed by atoms with Crippen molar-refractivity contribution in [2.24, 2.45) is 0 Å². The third-order valence-corrected chi connectivity index (χ3v) is 4.21. The van der Waals surface area contributed by atoms with E-state index in [1.807, 2.05) is 6.92 Å². The van der Waals surface area contributed by atoms with Crippen LogP contribution in [0.3, 0.4) is 0 Å². The van der Waals surface area contributed by atoms with Crippen LogP contribution in [-0.2, 0) is 10.0 Å². The summed E-state index contributed by atoms with van der Waals surface area (Å²) in [7, 11) is -3.96. The minimum absolute atomic E-state index is 0.0544. The Bertz CT molecular complexity index is 753. The highest BCUT2D eigenvalue weighted by Gasteiger charge is 2.20. The molecule has 21 heavy (non-hydrogen) atoms. The number of pyridine rings is 1. The highest BCUT2D eigenvalue weighted by molar-refractivity contribution is 7.92. The van der Waals surface area contributed by atoms with E-state index in [0.717, 1.165) is 6.07 Å². The first kappa shape index (κ1) is 15.5. The highest BCUT2D eigenvalue weighted by Crippen LogP contribution is 2.24. The van der Waals surface area contributed by atoms with E-state index in [0.29, 0.717) is 6.54 Å². The van der Waals surface area contributed by atoms with E-state index < -0.39 is 15.8 Å². The van der Waals surface area contributed by atoms with Gasteiger partial charge in [-0.15, -0.1) is 0 Å². The monoisotopic (exact) mass is 329 g/mol. The van der Waals surface area contributed by atoms with Gasteiger partial charge in [-0.1, -0.05) is 11.6 Å². The Morgan fingerprint density at radius 2 is 2.10 bits per heavy atom. The molecule has 0 saturated heterocycles. The standard InChI is InChI=1S/C13H13ClFN3O2S/c1-2-16-13-12(4-3-7-17-13)21(19,20)18-11-6-5-9(14)8-10(11)15/h3-8,18H,2H2,1H3,(H,16,17). The number of rotatable bonds is 5. The van der Waals surface area contributed by atoms with E-state index >= 15 is 0 Å². The summed E-state index contributed by atoms with van der Waals surface area (Å²) < 4.78 is 40.6. The number of sulfonamides is 1. The van der Waals surface area contributed by atoms with Gasteiger partial charge in [0.05, 0.1) is 5.69 Å². The Hall–Kier alpha value is -1.86. The third kappa shape index (κ3) is 3.62. The van der Waals surface area contributed by atoms with Gasteiger partial charge in [0.1, 0.15) is 16.5 Å². The van der Waals surface area contributed by atoms with E-state index in [4.69, 9.17) is 11.6 Å². The molecule has 2 aromatic rings. The maximum atomic E-state index is 13.7.